The van der Waals surface area contributed by atoms with Crippen LogP contribution < -0.4 is 16.0 Å². The largest absolute Gasteiger partial charge is 0.416 e. The van der Waals surface area contributed by atoms with Gasteiger partial charge in [0.15, 0.2) is 11.6 Å². The van der Waals surface area contributed by atoms with Crippen molar-refractivity contribution in [2.45, 2.75) is 36.9 Å². The van der Waals surface area contributed by atoms with Gasteiger partial charge in [0.25, 0.3) is 11.8 Å². The van der Waals surface area contributed by atoms with Crippen LogP contribution in [-0.2, 0) is 11.0 Å². The van der Waals surface area contributed by atoms with E-state index in [-0.39, 0.29) is 25.6 Å². The molecule has 0 bridgehead atoms. The fraction of sp³-hybridized carbons (Fsp3) is 0.522. The van der Waals surface area contributed by atoms with Gasteiger partial charge in [0.2, 0.25) is 11.7 Å². The predicted octanol–water partition coefficient (Wildman–Crippen LogP) is 4.21. The van der Waals surface area contributed by atoms with Gasteiger partial charge in [0, 0.05) is 24.4 Å². The average molecular weight is 570 g/mol. The molecule has 3 N–H and O–H groups in total. The van der Waals surface area contributed by atoms with E-state index in [0.717, 1.165) is 6.33 Å². The van der Waals surface area contributed by atoms with Crippen molar-refractivity contribution >= 4 is 17.5 Å². The molecule has 2 unspecified atom stereocenters. The van der Waals surface area contributed by atoms with Gasteiger partial charge in [-0.25, -0.2) is 31.9 Å². The normalized spacial score (nSPS) is 23.2. The van der Waals surface area contributed by atoms with Crippen LogP contribution >= 0.6 is 0 Å². The Hall–Kier alpha value is -3.30. The van der Waals surface area contributed by atoms with Crippen LogP contribution in [0, 0.1) is 17.6 Å². The summed E-state index contributed by atoms with van der Waals surface area (Å²) in [6, 6.07) is -0.159. The summed E-state index contributed by atoms with van der Waals surface area (Å²) in [6.07, 6.45) is -5.17. The quantitative estimate of drug-likeness (QED) is 0.485. The van der Waals surface area contributed by atoms with E-state index in [1.165, 1.54) is 4.90 Å². The van der Waals surface area contributed by atoms with Crippen molar-refractivity contribution < 1.29 is 44.3 Å². The van der Waals surface area contributed by atoms with Gasteiger partial charge in [-0.1, -0.05) is 6.07 Å². The van der Waals surface area contributed by atoms with Gasteiger partial charge in [0.05, 0.1) is 31.2 Å². The standard InChI is InChI=1S/C23H23F9N6O/c24-15-5-12(23(30,31)32)1-2-14(15)16-6-21(26,27)9-38(16)20-18(25)19(35-11-36-20)34-7-13-3-4-37(8-17(33)39)10-22(13,28)29/h1-2,5,11,13,16H,3-4,6-10H2,(H2,33,39)(H,34,35,36). The van der Waals surface area contributed by atoms with Crippen LogP contribution in [0.2, 0.25) is 0 Å². The number of nitrogens with one attached hydrogen (secondary N) is 1. The van der Waals surface area contributed by atoms with E-state index in [1.54, 1.807) is 0 Å². The number of hydrogen-bond acceptors (Lipinski definition) is 6. The van der Waals surface area contributed by atoms with Crippen LogP contribution in [0.3, 0.4) is 0 Å². The van der Waals surface area contributed by atoms with Gasteiger partial charge >= 0.3 is 6.18 Å². The second-order valence-electron chi connectivity index (χ2n) is 9.60. The molecule has 214 valence electrons. The van der Waals surface area contributed by atoms with Crippen LogP contribution in [0.1, 0.15) is 30.0 Å². The van der Waals surface area contributed by atoms with E-state index in [0.29, 0.717) is 17.0 Å². The van der Waals surface area contributed by atoms with Crippen LogP contribution in [0.4, 0.5) is 51.1 Å². The molecule has 2 aromatic rings. The molecular formula is C23H23F9N6O. The first-order valence-corrected chi connectivity index (χ1v) is 11.7. The first-order valence-electron chi connectivity index (χ1n) is 11.7. The first-order chi connectivity index (χ1) is 18.1. The molecule has 7 nitrogen and oxygen atoms in total. The summed E-state index contributed by atoms with van der Waals surface area (Å²) >= 11 is 0. The van der Waals surface area contributed by atoms with E-state index in [1.807, 2.05) is 0 Å². The van der Waals surface area contributed by atoms with Crippen molar-refractivity contribution in [2.24, 2.45) is 11.7 Å². The van der Waals surface area contributed by atoms with Crippen LogP contribution in [0.5, 0.6) is 0 Å². The lowest BCUT2D eigenvalue weighted by Crippen LogP contribution is -2.52. The van der Waals surface area contributed by atoms with Crippen LogP contribution in [0.15, 0.2) is 24.5 Å². The second-order valence-corrected chi connectivity index (χ2v) is 9.60. The highest BCUT2D eigenvalue weighted by molar-refractivity contribution is 5.75. The smallest absolute Gasteiger partial charge is 0.369 e. The molecule has 3 heterocycles. The maximum atomic E-state index is 15.4. The summed E-state index contributed by atoms with van der Waals surface area (Å²) in [6.45, 7) is -2.55. The number of alkyl halides is 7. The number of primary amides is 1. The van der Waals surface area contributed by atoms with E-state index in [9.17, 15) is 39.9 Å². The summed E-state index contributed by atoms with van der Waals surface area (Å²) in [5.74, 6) is -12.7. The molecule has 1 aromatic carbocycles. The third-order valence-electron chi connectivity index (χ3n) is 6.72. The van der Waals surface area contributed by atoms with Gasteiger partial charge < -0.3 is 16.0 Å². The number of nitrogens with zero attached hydrogens (tertiary/aromatic N) is 4. The van der Waals surface area contributed by atoms with Crippen molar-refractivity contribution in [2.75, 3.05) is 42.9 Å². The molecule has 2 atom stereocenters. The fourth-order valence-corrected chi connectivity index (χ4v) is 4.86. The average Bonchev–Trinajstić information content (AvgIpc) is 3.12. The lowest BCUT2D eigenvalue weighted by Gasteiger charge is -2.37. The van der Waals surface area contributed by atoms with Gasteiger partial charge in [-0.15, -0.1) is 0 Å². The fourth-order valence-electron chi connectivity index (χ4n) is 4.86. The molecule has 0 spiro atoms. The second kappa shape index (κ2) is 10.4. The highest BCUT2D eigenvalue weighted by Crippen LogP contribution is 2.45. The van der Waals surface area contributed by atoms with Crippen molar-refractivity contribution in [3.8, 4) is 0 Å². The Morgan fingerprint density at radius 3 is 2.46 bits per heavy atom. The molecule has 0 aliphatic carbocycles. The highest BCUT2D eigenvalue weighted by atomic mass is 19.4. The number of likely N-dealkylation sites (tertiary alicyclic amines) is 1. The lowest BCUT2D eigenvalue weighted by atomic mass is 9.92. The first kappa shape index (κ1) is 28.7. The minimum atomic E-state index is -4.87. The molecule has 2 saturated heterocycles. The SMILES string of the molecule is NC(=O)CN1CCC(CNc2ncnc(N3CC(F)(F)CC3c3ccc(C(F)(F)F)cc3F)c2F)C(F)(F)C1. The minimum Gasteiger partial charge on any atom is -0.369 e. The Labute approximate surface area is 216 Å². The summed E-state index contributed by atoms with van der Waals surface area (Å²) < 4.78 is 127. The van der Waals surface area contributed by atoms with Crippen LogP contribution in [0.25, 0.3) is 0 Å². The third kappa shape index (κ3) is 6.31. The van der Waals surface area contributed by atoms with Gasteiger partial charge in [-0.3, -0.25) is 9.69 Å². The van der Waals surface area contributed by atoms with Gasteiger partial charge in [-0.2, -0.15) is 17.6 Å². The zero-order valence-electron chi connectivity index (χ0n) is 20.1. The van der Waals surface area contributed by atoms with Crippen molar-refractivity contribution in [1.29, 1.82) is 0 Å². The molecule has 2 aliphatic heterocycles. The summed E-state index contributed by atoms with van der Waals surface area (Å²) in [7, 11) is 0. The number of amides is 1. The number of aromatic nitrogens is 2. The Morgan fingerprint density at radius 1 is 1.13 bits per heavy atom. The Kier molecular flexibility index (Phi) is 7.62. The molecule has 2 fully saturated rings. The Bertz CT molecular complexity index is 1230. The zero-order chi connectivity index (χ0) is 28.8. The number of halogens is 9. The van der Waals surface area contributed by atoms with E-state index in [2.05, 4.69) is 15.3 Å². The Balaban J connectivity index is 1.55. The van der Waals surface area contributed by atoms with Crippen molar-refractivity contribution in [1.82, 2.24) is 14.9 Å². The number of carbonyl (C=O) groups excluding carboxylic acids is 1. The van der Waals surface area contributed by atoms with Crippen LogP contribution in [-0.4, -0.2) is 65.3 Å². The lowest BCUT2D eigenvalue weighted by molar-refractivity contribution is -0.137. The third-order valence-corrected chi connectivity index (χ3v) is 6.72. The molecule has 1 aromatic heterocycles. The van der Waals surface area contributed by atoms with Gasteiger partial charge in [0.1, 0.15) is 12.1 Å². The topological polar surface area (TPSA) is 87.4 Å². The van der Waals surface area contributed by atoms with Crippen molar-refractivity contribution in [3.05, 3.63) is 47.3 Å². The molecule has 0 radical (unpaired) electrons. The minimum absolute atomic E-state index is 0.0690. The number of anilines is 2. The Morgan fingerprint density at radius 2 is 1.85 bits per heavy atom. The molecule has 2 aliphatic rings. The molecule has 1 amide bonds. The molecular weight excluding hydrogens is 547 g/mol. The highest BCUT2D eigenvalue weighted by Gasteiger charge is 2.48. The number of carbonyl (C=O) groups is 1. The molecule has 16 heteroatoms. The molecule has 39 heavy (non-hydrogen) atoms. The number of benzene rings is 1. The summed E-state index contributed by atoms with van der Waals surface area (Å²) in [5, 5.41) is 2.44. The number of rotatable bonds is 7. The van der Waals surface area contributed by atoms with E-state index in [4.69, 9.17) is 5.73 Å². The number of piperidine rings is 1. The predicted molar refractivity (Wildman–Crippen MR) is 120 cm³/mol. The van der Waals surface area contributed by atoms with E-state index >= 15 is 4.39 Å². The molecule has 0 saturated carbocycles. The zero-order valence-corrected chi connectivity index (χ0v) is 20.1. The van der Waals surface area contributed by atoms with Crippen molar-refractivity contribution in [3.63, 3.8) is 0 Å². The van der Waals surface area contributed by atoms with Gasteiger partial charge in [-0.05, 0) is 25.1 Å². The number of nitrogens with two attached hydrogens (primary N) is 1. The molecule has 4 rings (SSSR count). The maximum Gasteiger partial charge on any atom is 0.416 e. The maximum absolute atomic E-state index is 15.4. The summed E-state index contributed by atoms with van der Waals surface area (Å²) in [5.41, 5.74) is 3.21. The van der Waals surface area contributed by atoms with E-state index < -0.39 is 96.3 Å². The monoisotopic (exact) mass is 570 g/mol. The summed E-state index contributed by atoms with van der Waals surface area (Å²) in [4.78, 5) is 20.3. The number of hydrogen-bond donors (Lipinski definition) is 2.